The minimum absolute atomic E-state index is 0.412. The number of allylic oxidation sites excluding steroid dienone is 2. The Hall–Kier alpha value is -4.75. The van der Waals surface area contributed by atoms with Crippen molar-refractivity contribution in [1.29, 1.82) is 10.8 Å². The maximum absolute atomic E-state index is 8.59. The molecular formula is C44H51N7. The van der Waals surface area contributed by atoms with Gasteiger partial charge in [-0.05, 0) is 105 Å². The molecule has 3 aromatic carbocycles. The molecule has 0 spiro atoms. The molecule has 3 fully saturated rings. The second-order valence-electron chi connectivity index (χ2n) is 15.0. The molecule has 4 aliphatic rings. The van der Waals surface area contributed by atoms with Gasteiger partial charge >= 0.3 is 0 Å². The fraction of sp³-hybridized carbons (Fsp3) is 0.386. The number of pyridine rings is 1. The molecule has 1 aliphatic carbocycles. The van der Waals surface area contributed by atoms with Gasteiger partial charge in [-0.15, -0.1) is 0 Å². The summed E-state index contributed by atoms with van der Waals surface area (Å²) in [5.74, 6) is 1.73. The highest BCUT2D eigenvalue weighted by atomic mass is 15.2. The molecule has 0 unspecified atom stereocenters. The molecular weight excluding hydrogens is 627 g/mol. The smallest absolute Gasteiger partial charge is 0.136 e. The predicted octanol–water partition coefficient (Wildman–Crippen LogP) is 9.44. The first-order valence-electron chi connectivity index (χ1n) is 19.2. The highest BCUT2D eigenvalue weighted by Crippen LogP contribution is 2.37. The van der Waals surface area contributed by atoms with Crippen molar-refractivity contribution in [1.82, 2.24) is 9.88 Å². The van der Waals surface area contributed by atoms with E-state index in [1.54, 1.807) is 6.08 Å². The van der Waals surface area contributed by atoms with Crippen molar-refractivity contribution in [2.24, 2.45) is 0 Å². The van der Waals surface area contributed by atoms with E-state index in [0.717, 1.165) is 48.9 Å². The SMILES string of the molecule is Cc1cccc2c(N3CCC(N4CCC(c5ccc(N6C=CC(=N)/C6=C\C(=N)c6ccccc6)cc5)CC4)CC3)ncc(NC3CCCCC3)c12. The van der Waals surface area contributed by atoms with Crippen molar-refractivity contribution >= 4 is 39.4 Å². The zero-order valence-corrected chi connectivity index (χ0v) is 30.0. The summed E-state index contributed by atoms with van der Waals surface area (Å²) in [4.78, 5) is 12.4. The number of nitrogens with one attached hydrogen (secondary N) is 3. The van der Waals surface area contributed by atoms with Crippen LogP contribution in [0.25, 0.3) is 10.8 Å². The first-order chi connectivity index (χ1) is 25.0. The first-order valence-corrected chi connectivity index (χ1v) is 19.2. The molecule has 1 aromatic heterocycles. The lowest BCUT2D eigenvalue weighted by molar-refractivity contribution is 0.132. The molecule has 1 saturated carbocycles. The van der Waals surface area contributed by atoms with Crippen molar-refractivity contribution in [3.05, 3.63) is 120 Å². The second-order valence-corrected chi connectivity index (χ2v) is 15.0. The lowest BCUT2D eigenvalue weighted by atomic mass is 9.88. The Labute approximate surface area is 303 Å². The van der Waals surface area contributed by atoms with Gasteiger partial charge in [0.1, 0.15) is 5.82 Å². The Morgan fingerprint density at radius 3 is 2.31 bits per heavy atom. The zero-order chi connectivity index (χ0) is 34.7. The van der Waals surface area contributed by atoms with Crippen LogP contribution in [-0.2, 0) is 0 Å². The molecule has 0 amide bonds. The molecule has 7 heteroatoms. The fourth-order valence-corrected chi connectivity index (χ4v) is 8.90. The summed E-state index contributed by atoms with van der Waals surface area (Å²) < 4.78 is 0. The van der Waals surface area contributed by atoms with Crippen molar-refractivity contribution in [3.63, 3.8) is 0 Å². The molecule has 4 heterocycles. The normalized spacial score (nSPS) is 20.5. The minimum atomic E-state index is 0.412. The summed E-state index contributed by atoms with van der Waals surface area (Å²) in [7, 11) is 0. The van der Waals surface area contributed by atoms with Crippen LogP contribution in [0.3, 0.4) is 0 Å². The number of likely N-dealkylation sites (tertiary alicyclic amines) is 1. The van der Waals surface area contributed by atoms with Crippen molar-refractivity contribution in [2.75, 3.05) is 41.3 Å². The maximum Gasteiger partial charge on any atom is 0.136 e. The number of anilines is 3. The molecule has 8 rings (SSSR count). The van der Waals surface area contributed by atoms with Gasteiger partial charge in [0.15, 0.2) is 0 Å². The number of rotatable bonds is 8. The van der Waals surface area contributed by atoms with E-state index < -0.39 is 0 Å². The topological polar surface area (TPSA) is 82.3 Å². The van der Waals surface area contributed by atoms with E-state index in [-0.39, 0.29) is 0 Å². The van der Waals surface area contributed by atoms with Crippen LogP contribution in [0.2, 0.25) is 0 Å². The van der Waals surface area contributed by atoms with Gasteiger partial charge < -0.3 is 25.4 Å². The quantitative estimate of drug-likeness (QED) is 0.162. The molecule has 7 nitrogen and oxygen atoms in total. The fourth-order valence-electron chi connectivity index (χ4n) is 8.90. The van der Waals surface area contributed by atoms with E-state index in [4.69, 9.17) is 15.8 Å². The predicted molar refractivity (Wildman–Crippen MR) is 213 cm³/mol. The number of benzene rings is 3. The standard InChI is InChI=1S/C44H51N7/c1-31-9-8-14-38-43(31)41(48-35-12-6-3-7-13-35)30-47-44(38)50-26-21-36(22-27-50)49-24-19-33(20-25-49)32-15-17-37(18-16-32)51-28-23-39(45)42(51)29-40(46)34-10-4-2-5-11-34/h2,4-5,8-11,14-18,23,28-30,33,35-36,45-46,48H,3,6-7,12-13,19-22,24-27H2,1H3/b42-29+,45-39?,46-40?. The van der Waals surface area contributed by atoms with Crippen LogP contribution in [0, 0.1) is 17.7 Å². The van der Waals surface area contributed by atoms with Gasteiger partial charge in [0.25, 0.3) is 0 Å². The van der Waals surface area contributed by atoms with Crippen LogP contribution in [0.1, 0.15) is 80.4 Å². The Bertz CT molecular complexity index is 1920. The number of hydrogen-bond donors (Lipinski definition) is 3. The summed E-state index contributed by atoms with van der Waals surface area (Å²) >= 11 is 0. The van der Waals surface area contributed by atoms with Gasteiger partial charge in [-0.2, -0.15) is 0 Å². The number of hydrogen-bond acceptors (Lipinski definition) is 7. The third kappa shape index (κ3) is 7.09. The highest BCUT2D eigenvalue weighted by molar-refractivity contribution is 6.18. The molecule has 0 radical (unpaired) electrons. The van der Waals surface area contributed by atoms with E-state index in [1.165, 1.54) is 85.4 Å². The number of fused-ring (bicyclic) bond motifs is 1. The van der Waals surface area contributed by atoms with Crippen LogP contribution in [0.15, 0.2) is 103 Å². The largest absolute Gasteiger partial charge is 0.381 e. The Kier molecular flexibility index (Phi) is 9.72. The molecule has 4 aromatic rings. The van der Waals surface area contributed by atoms with Gasteiger partial charge in [0.05, 0.1) is 29.0 Å². The van der Waals surface area contributed by atoms with Gasteiger partial charge in [-0.25, -0.2) is 4.98 Å². The first kappa shape index (κ1) is 33.4. The Morgan fingerprint density at radius 2 is 1.57 bits per heavy atom. The van der Waals surface area contributed by atoms with Gasteiger partial charge in [-0.3, -0.25) is 5.41 Å². The number of aryl methyl sites for hydroxylation is 1. The van der Waals surface area contributed by atoms with Crippen LogP contribution >= 0.6 is 0 Å². The zero-order valence-electron chi connectivity index (χ0n) is 30.0. The molecule has 2 saturated heterocycles. The Balaban J connectivity index is 0.869. The second kappa shape index (κ2) is 14.8. The maximum atomic E-state index is 8.59. The lowest BCUT2D eigenvalue weighted by Crippen LogP contribution is -2.47. The third-order valence-electron chi connectivity index (χ3n) is 11.8. The average molecular weight is 678 g/mol. The highest BCUT2D eigenvalue weighted by Gasteiger charge is 2.30. The van der Waals surface area contributed by atoms with Crippen LogP contribution in [0.4, 0.5) is 17.2 Å². The molecule has 51 heavy (non-hydrogen) atoms. The third-order valence-corrected chi connectivity index (χ3v) is 11.8. The minimum Gasteiger partial charge on any atom is -0.381 e. The summed E-state index contributed by atoms with van der Waals surface area (Å²) in [5, 5.41) is 23.6. The molecule has 3 N–H and O–H groups in total. The molecule has 0 bridgehead atoms. The summed E-state index contributed by atoms with van der Waals surface area (Å²) in [6, 6.07) is 26.6. The van der Waals surface area contributed by atoms with E-state index in [2.05, 4.69) is 70.7 Å². The van der Waals surface area contributed by atoms with Crippen LogP contribution in [-0.4, -0.2) is 59.6 Å². The van der Waals surface area contributed by atoms with Crippen LogP contribution in [0.5, 0.6) is 0 Å². The van der Waals surface area contributed by atoms with Gasteiger partial charge in [0.2, 0.25) is 0 Å². The summed E-state index contributed by atoms with van der Waals surface area (Å²) in [6.07, 6.45) is 19.0. The van der Waals surface area contributed by atoms with Crippen molar-refractivity contribution in [3.8, 4) is 0 Å². The van der Waals surface area contributed by atoms with E-state index in [0.29, 0.717) is 29.4 Å². The number of nitrogens with zero attached hydrogens (tertiary/aromatic N) is 4. The van der Waals surface area contributed by atoms with Gasteiger partial charge in [0, 0.05) is 47.8 Å². The molecule has 262 valence electrons. The van der Waals surface area contributed by atoms with Crippen LogP contribution < -0.4 is 15.1 Å². The summed E-state index contributed by atoms with van der Waals surface area (Å²) in [5.41, 5.74) is 7.40. The average Bonchev–Trinajstić information content (AvgIpc) is 3.55. The van der Waals surface area contributed by atoms with E-state index in [9.17, 15) is 0 Å². The monoisotopic (exact) mass is 677 g/mol. The number of piperidine rings is 2. The number of aromatic nitrogens is 1. The van der Waals surface area contributed by atoms with Crippen molar-refractivity contribution < 1.29 is 0 Å². The van der Waals surface area contributed by atoms with Gasteiger partial charge in [-0.1, -0.05) is 79.9 Å². The molecule has 0 atom stereocenters. The lowest BCUT2D eigenvalue weighted by Gasteiger charge is -2.42. The van der Waals surface area contributed by atoms with E-state index in [1.807, 2.05) is 47.5 Å². The van der Waals surface area contributed by atoms with Crippen molar-refractivity contribution in [2.45, 2.75) is 82.7 Å². The van der Waals surface area contributed by atoms with E-state index >= 15 is 0 Å². The summed E-state index contributed by atoms with van der Waals surface area (Å²) in [6.45, 7) is 6.66. The Morgan fingerprint density at radius 1 is 0.824 bits per heavy atom. The molecule has 3 aliphatic heterocycles.